The number of nitrogens with zero attached hydrogens (tertiary/aromatic N) is 2. The summed E-state index contributed by atoms with van der Waals surface area (Å²) < 4.78 is 11.5. The second kappa shape index (κ2) is 17.0. The van der Waals surface area contributed by atoms with E-state index in [1.54, 1.807) is 0 Å². The van der Waals surface area contributed by atoms with Gasteiger partial charge in [-0.15, -0.1) is 0 Å². The summed E-state index contributed by atoms with van der Waals surface area (Å²) in [6.07, 6.45) is 5.48. The number of carbonyl (C=O) groups excluding carboxylic acids is 2. The fraction of sp³-hybridized carbons (Fsp3) is 0.562. The van der Waals surface area contributed by atoms with Gasteiger partial charge in [0.15, 0.2) is 11.6 Å². The molecule has 6 heteroatoms. The van der Waals surface area contributed by atoms with Gasteiger partial charge in [-0.05, 0) is 102 Å². The molecule has 38 heavy (non-hydrogen) atoms. The van der Waals surface area contributed by atoms with Crippen molar-refractivity contribution in [3.63, 3.8) is 0 Å². The molecule has 0 bridgehead atoms. The molecule has 210 valence electrons. The van der Waals surface area contributed by atoms with E-state index in [2.05, 4.69) is 13.8 Å². The first-order chi connectivity index (χ1) is 18.2. The van der Waals surface area contributed by atoms with E-state index >= 15 is 0 Å². The van der Waals surface area contributed by atoms with Gasteiger partial charge in [-0.2, -0.15) is 0 Å². The van der Waals surface area contributed by atoms with Crippen LogP contribution in [-0.2, 0) is 0 Å². The number of benzene rings is 2. The van der Waals surface area contributed by atoms with Crippen molar-refractivity contribution in [2.45, 2.75) is 52.4 Å². The van der Waals surface area contributed by atoms with E-state index in [-0.39, 0.29) is 23.4 Å². The molecule has 0 aliphatic heterocycles. The molecule has 0 radical (unpaired) electrons. The van der Waals surface area contributed by atoms with Crippen molar-refractivity contribution in [2.24, 2.45) is 11.8 Å². The van der Waals surface area contributed by atoms with Crippen LogP contribution in [0.1, 0.15) is 73.1 Å². The largest absolute Gasteiger partial charge is 0.494 e. The predicted octanol–water partition coefficient (Wildman–Crippen LogP) is 6.25. The highest BCUT2D eigenvalue weighted by Gasteiger charge is 2.26. The summed E-state index contributed by atoms with van der Waals surface area (Å²) in [5.41, 5.74) is 1.38. The van der Waals surface area contributed by atoms with Gasteiger partial charge in [-0.1, -0.05) is 26.7 Å². The highest BCUT2D eigenvalue weighted by atomic mass is 16.5. The highest BCUT2D eigenvalue weighted by Crippen LogP contribution is 2.24. The summed E-state index contributed by atoms with van der Waals surface area (Å²) in [7, 11) is 7.93. The van der Waals surface area contributed by atoms with Gasteiger partial charge in [0.2, 0.25) is 0 Å². The quantitative estimate of drug-likeness (QED) is 0.160. The van der Waals surface area contributed by atoms with Crippen LogP contribution in [0.4, 0.5) is 0 Å². The molecule has 0 amide bonds. The first-order valence-corrected chi connectivity index (χ1v) is 14.1. The lowest BCUT2D eigenvalue weighted by Gasteiger charge is -2.24. The Morgan fingerprint density at radius 3 is 1.26 bits per heavy atom. The van der Waals surface area contributed by atoms with Crippen LogP contribution in [0.15, 0.2) is 48.5 Å². The fourth-order valence-corrected chi connectivity index (χ4v) is 4.47. The van der Waals surface area contributed by atoms with Crippen LogP contribution in [0.25, 0.3) is 0 Å². The Hall–Kier alpha value is -2.70. The Kier molecular flexibility index (Phi) is 14.1. The number of ketones is 2. The summed E-state index contributed by atoms with van der Waals surface area (Å²) in [6, 6.07) is 15.0. The molecule has 0 fully saturated rings. The molecule has 6 nitrogen and oxygen atoms in total. The SMILES string of the molecule is CCCCOc1ccc(C(=O)C(CCC(CN(C)C)C(=O)c2ccc(OCCCC)cc2)CN(C)C)cc1. The molecule has 0 spiro atoms. The number of rotatable bonds is 19. The third-order valence-electron chi connectivity index (χ3n) is 6.59. The Balaban J connectivity index is 2.10. The molecule has 0 aliphatic rings. The zero-order valence-corrected chi connectivity index (χ0v) is 24.4. The maximum absolute atomic E-state index is 13.5. The molecular weight excluding hydrogens is 476 g/mol. The third kappa shape index (κ3) is 11.0. The first kappa shape index (κ1) is 31.5. The lowest BCUT2D eigenvalue weighted by Crippen LogP contribution is -2.32. The summed E-state index contributed by atoms with van der Waals surface area (Å²) >= 11 is 0. The summed E-state index contributed by atoms with van der Waals surface area (Å²) in [4.78, 5) is 31.1. The van der Waals surface area contributed by atoms with Crippen LogP contribution in [0.2, 0.25) is 0 Å². The van der Waals surface area contributed by atoms with Crippen molar-refractivity contribution < 1.29 is 19.1 Å². The van der Waals surface area contributed by atoms with Crippen molar-refractivity contribution in [2.75, 3.05) is 54.5 Å². The van der Waals surface area contributed by atoms with Gasteiger partial charge in [0.05, 0.1) is 13.2 Å². The van der Waals surface area contributed by atoms with E-state index in [0.717, 1.165) is 37.2 Å². The monoisotopic (exact) mass is 524 g/mol. The van der Waals surface area contributed by atoms with Crippen molar-refractivity contribution in [3.8, 4) is 11.5 Å². The van der Waals surface area contributed by atoms with E-state index in [4.69, 9.17) is 9.47 Å². The Labute approximate surface area is 230 Å². The highest BCUT2D eigenvalue weighted by molar-refractivity contribution is 5.99. The molecule has 0 N–H and O–H groups in total. The Morgan fingerprint density at radius 1 is 0.632 bits per heavy atom. The molecule has 0 aromatic heterocycles. The van der Waals surface area contributed by atoms with Crippen molar-refractivity contribution >= 4 is 11.6 Å². The molecule has 2 atom stereocenters. The van der Waals surface area contributed by atoms with E-state index in [0.29, 0.717) is 50.3 Å². The number of ether oxygens (including phenoxy) is 2. The minimum absolute atomic E-state index is 0.114. The maximum atomic E-state index is 13.5. The Morgan fingerprint density at radius 2 is 0.974 bits per heavy atom. The second-order valence-corrected chi connectivity index (χ2v) is 10.7. The third-order valence-corrected chi connectivity index (χ3v) is 6.59. The van der Waals surface area contributed by atoms with E-state index < -0.39 is 0 Å². The van der Waals surface area contributed by atoms with Gasteiger partial charge in [-0.25, -0.2) is 0 Å². The number of Topliss-reactive ketones (excluding diaryl/α,β-unsaturated/α-hetero) is 2. The normalized spacial score (nSPS) is 12.9. The number of hydrogen-bond acceptors (Lipinski definition) is 6. The van der Waals surface area contributed by atoms with Crippen molar-refractivity contribution in [1.82, 2.24) is 9.80 Å². The summed E-state index contributed by atoms with van der Waals surface area (Å²) in [5, 5.41) is 0. The van der Waals surface area contributed by atoms with Gasteiger partial charge in [-0.3, -0.25) is 9.59 Å². The smallest absolute Gasteiger partial charge is 0.167 e. The van der Waals surface area contributed by atoms with Gasteiger partial charge in [0.1, 0.15) is 11.5 Å². The van der Waals surface area contributed by atoms with Crippen molar-refractivity contribution in [1.29, 1.82) is 0 Å². The second-order valence-electron chi connectivity index (χ2n) is 10.7. The number of hydrogen-bond donors (Lipinski definition) is 0. The standard InChI is InChI=1S/C32H48N2O4/c1-7-9-21-37-29-17-13-25(14-18-29)31(35)27(23-33(3)4)11-12-28(24-34(5)6)32(36)26-15-19-30(20-16-26)38-22-10-8-2/h13-20,27-28H,7-12,21-24H2,1-6H3. The minimum Gasteiger partial charge on any atom is -0.494 e. The molecule has 0 saturated heterocycles. The zero-order chi connectivity index (χ0) is 27.9. The predicted molar refractivity (Wildman–Crippen MR) is 156 cm³/mol. The number of unbranched alkanes of at least 4 members (excludes halogenated alkanes) is 2. The maximum Gasteiger partial charge on any atom is 0.167 e. The lowest BCUT2D eigenvalue weighted by molar-refractivity contribution is 0.0834. The Bertz CT molecular complexity index is 875. The molecule has 2 rings (SSSR count). The molecule has 0 heterocycles. The summed E-state index contributed by atoms with van der Waals surface area (Å²) in [5.74, 6) is 1.43. The molecule has 2 unspecified atom stereocenters. The van der Waals surface area contributed by atoms with E-state index in [1.165, 1.54) is 0 Å². The van der Waals surface area contributed by atoms with Crippen molar-refractivity contribution in [3.05, 3.63) is 59.7 Å². The van der Waals surface area contributed by atoms with Crippen LogP contribution < -0.4 is 9.47 Å². The zero-order valence-electron chi connectivity index (χ0n) is 24.4. The van der Waals surface area contributed by atoms with Gasteiger partial charge < -0.3 is 19.3 Å². The molecule has 2 aromatic carbocycles. The van der Waals surface area contributed by atoms with Crippen LogP contribution in [0.5, 0.6) is 11.5 Å². The van der Waals surface area contributed by atoms with E-state index in [1.807, 2.05) is 86.5 Å². The number of carbonyl (C=O) groups is 2. The molecular formula is C32H48N2O4. The average molecular weight is 525 g/mol. The molecule has 0 aliphatic carbocycles. The first-order valence-electron chi connectivity index (χ1n) is 14.1. The van der Waals surface area contributed by atoms with Crippen LogP contribution >= 0.6 is 0 Å². The van der Waals surface area contributed by atoms with E-state index in [9.17, 15) is 9.59 Å². The van der Waals surface area contributed by atoms with Crippen LogP contribution in [0, 0.1) is 11.8 Å². The van der Waals surface area contributed by atoms with Gasteiger partial charge in [0, 0.05) is 36.1 Å². The topological polar surface area (TPSA) is 59.1 Å². The van der Waals surface area contributed by atoms with Crippen LogP contribution in [-0.4, -0.2) is 75.9 Å². The minimum atomic E-state index is -0.191. The summed E-state index contributed by atoms with van der Waals surface area (Å²) in [6.45, 7) is 6.91. The van der Waals surface area contributed by atoms with Crippen LogP contribution in [0.3, 0.4) is 0 Å². The molecule has 0 saturated carbocycles. The molecule has 2 aromatic rings. The van der Waals surface area contributed by atoms with Gasteiger partial charge >= 0.3 is 0 Å². The van der Waals surface area contributed by atoms with Gasteiger partial charge in [0.25, 0.3) is 0 Å². The fourth-order valence-electron chi connectivity index (χ4n) is 4.47. The average Bonchev–Trinajstić information content (AvgIpc) is 2.90. The lowest BCUT2D eigenvalue weighted by atomic mass is 9.86.